The second-order valence-corrected chi connectivity index (χ2v) is 8.79. The third-order valence-electron chi connectivity index (χ3n) is 5.31. The lowest BCUT2D eigenvalue weighted by molar-refractivity contribution is -0.594. The molecule has 0 spiro atoms. The van der Waals surface area contributed by atoms with E-state index in [1.165, 1.54) is 28.0 Å². The molecule has 0 radical (unpaired) electrons. The molecular formula is C26H24FN6O3S+. The fourth-order valence-corrected chi connectivity index (χ4v) is 4.48. The quantitative estimate of drug-likeness (QED) is 0.134. The number of nitrogen functional groups attached to an aromatic ring is 2. The predicted molar refractivity (Wildman–Crippen MR) is 142 cm³/mol. The van der Waals surface area contributed by atoms with Crippen LogP contribution < -0.4 is 27.3 Å². The summed E-state index contributed by atoms with van der Waals surface area (Å²) in [5.41, 5.74) is 20.6. The lowest BCUT2D eigenvalue weighted by Gasteiger charge is -2.11. The van der Waals surface area contributed by atoms with Gasteiger partial charge in [0.2, 0.25) is 11.6 Å². The minimum absolute atomic E-state index is 0.0755. The molecule has 9 nitrogen and oxygen atoms in total. The molecule has 4 aromatic rings. The van der Waals surface area contributed by atoms with Gasteiger partial charge in [0.1, 0.15) is 12.4 Å². The summed E-state index contributed by atoms with van der Waals surface area (Å²) in [5, 5.41) is 2.22. The lowest BCUT2D eigenvalue weighted by atomic mass is 9.99. The summed E-state index contributed by atoms with van der Waals surface area (Å²) in [6.45, 7) is 0.276. The molecule has 188 valence electrons. The number of anilines is 2. The Morgan fingerprint density at radius 2 is 1.81 bits per heavy atom. The molecule has 4 rings (SSSR count). The molecule has 0 aliphatic rings. The normalized spacial score (nSPS) is 11.2. The monoisotopic (exact) mass is 519 g/mol. The maximum absolute atomic E-state index is 13.7. The summed E-state index contributed by atoms with van der Waals surface area (Å²) >= 11 is 1.30. The van der Waals surface area contributed by atoms with Crippen LogP contribution in [0.4, 0.5) is 15.8 Å². The van der Waals surface area contributed by atoms with Crippen LogP contribution in [-0.2, 0) is 9.53 Å². The zero-order valence-corrected chi connectivity index (χ0v) is 20.5. The number of aromatic nitrogens is 2. The fraction of sp³-hybridized carbons (Fsp3) is 0.115. The van der Waals surface area contributed by atoms with E-state index in [2.05, 4.69) is 9.98 Å². The first-order valence-corrected chi connectivity index (χ1v) is 12.0. The van der Waals surface area contributed by atoms with E-state index in [4.69, 9.17) is 21.9 Å². The summed E-state index contributed by atoms with van der Waals surface area (Å²) in [6.07, 6.45) is 4.83. The number of halogens is 1. The van der Waals surface area contributed by atoms with Gasteiger partial charge in [-0.15, -0.1) is 4.57 Å². The van der Waals surface area contributed by atoms with E-state index in [1.807, 2.05) is 0 Å². The Hall–Kier alpha value is -4.48. The van der Waals surface area contributed by atoms with Gasteiger partial charge in [0.25, 0.3) is 5.01 Å². The number of aliphatic imine (C=N–C) groups is 1. The number of benzene rings is 2. The Balaban J connectivity index is 1.87. The van der Waals surface area contributed by atoms with Gasteiger partial charge in [0, 0.05) is 41.3 Å². The third kappa shape index (κ3) is 6.02. The molecule has 2 aromatic heterocycles. The van der Waals surface area contributed by atoms with Gasteiger partial charge in [-0.3, -0.25) is 14.8 Å². The summed E-state index contributed by atoms with van der Waals surface area (Å²) in [7, 11) is 0. The smallest absolute Gasteiger partial charge is 0.398 e. The van der Waals surface area contributed by atoms with Gasteiger partial charge in [0.15, 0.2) is 5.69 Å². The zero-order valence-electron chi connectivity index (χ0n) is 19.6. The van der Waals surface area contributed by atoms with Crippen molar-refractivity contribution in [1.82, 2.24) is 4.98 Å². The summed E-state index contributed by atoms with van der Waals surface area (Å²) in [6, 6.07) is 12.9. The van der Waals surface area contributed by atoms with Crippen molar-refractivity contribution in [2.75, 3.05) is 31.2 Å². The van der Waals surface area contributed by atoms with Crippen molar-refractivity contribution in [3.8, 4) is 27.4 Å². The number of nitrogens with two attached hydrogens (primary N) is 3. The van der Waals surface area contributed by atoms with Gasteiger partial charge in [-0.1, -0.05) is 23.5 Å². The van der Waals surface area contributed by atoms with Crippen LogP contribution in [0, 0.1) is 5.82 Å². The highest BCUT2D eigenvalue weighted by atomic mass is 32.1. The Morgan fingerprint density at radius 3 is 2.51 bits per heavy atom. The van der Waals surface area contributed by atoms with Crippen LogP contribution in [0.3, 0.4) is 0 Å². The van der Waals surface area contributed by atoms with Crippen molar-refractivity contribution in [1.29, 1.82) is 0 Å². The standard InChI is InChI=1S/C26H23FN6O3S/c27-19-3-1-16(2-4-19)20-12-21(28)18(13-32-9-10-36-14-24(30)34)11-23(20)33-25(35)22(29)15-37-26(33)17-5-7-31-8-6-17/h1-8,11-13,15H,9-10,14,29H2,(H3-,28,30,31,32,34)/p+1. The van der Waals surface area contributed by atoms with Crippen molar-refractivity contribution in [3.63, 3.8) is 0 Å². The highest BCUT2D eigenvalue weighted by Crippen LogP contribution is 2.30. The number of carbonyl (C=O) groups excluding carboxylic acids is 1. The van der Waals surface area contributed by atoms with Gasteiger partial charge in [-0.05, 0) is 35.9 Å². The first kappa shape index (κ1) is 25.6. The average molecular weight is 520 g/mol. The molecule has 2 heterocycles. The van der Waals surface area contributed by atoms with Crippen LogP contribution in [0.2, 0.25) is 0 Å². The molecule has 11 heteroatoms. The number of hydrogen-bond acceptors (Lipinski definition) is 8. The van der Waals surface area contributed by atoms with Crippen LogP contribution in [0.5, 0.6) is 0 Å². The highest BCUT2D eigenvalue weighted by Gasteiger charge is 2.27. The molecular weight excluding hydrogens is 495 g/mol. The number of primary amides is 1. The molecule has 0 unspecified atom stereocenters. The van der Waals surface area contributed by atoms with Gasteiger partial charge in [0.05, 0.1) is 24.3 Å². The highest BCUT2D eigenvalue weighted by molar-refractivity contribution is 7.12. The maximum atomic E-state index is 13.7. The summed E-state index contributed by atoms with van der Waals surface area (Å²) in [4.78, 5) is 32.6. The van der Waals surface area contributed by atoms with Crippen molar-refractivity contribution >= 4 is 34.8 Å². The third-order valence-corrected chi connectivity index (χ3v) is 6.33. The summed E-state index contributed by atoms with van der Waals surface area (Å²) < 4.78 is 20.3. The maximum Gasteiger partial charge on any atom is 0.443 e. The Morgan fingerprint density at radius 1 is 1.08 bits per heavy atom. The van der Waals surface area contributed by atoms with E-state index in [9.17, 15) is 14.0 Å². The molecule has 0 saturated heterocycles. The molecule has 0 saturated carbocycles. The van der Waals surface area contributed by atoms with Crippen molar-refractivity contribution in [2.45, 2.75) is 0 Å². The van der Waals surface area contributed by atoms with E-state index in [1.54, 1.807) is 60.4 Å². The average Bonchev–Trinajstić information content (AvgIpc) is 2.89. The predicted octanol–water partition coefficient (Wildman–Crippen LogP) is 2.34. The number of rotatable bonds is 9. The van der Waals surface area contributed by atoms with Crippen LogP contribution in [0.25, 0.3) is 27.4 Å². The molecule has 37 heavy (non-hydrogen) atoms. The molecule has 0 atom stereocenters. The molecule has 0 fully saturated rings. The van der Waals surface area contributed by atoms with Gasteiger partial charge < -0.3 is 21.9 Å². The molecule has 0 aliphatic carbocycles. The van der Waals surface area contributed by atoms with Crippen molar-refractivity contribution < 1.29 is 18.5 Å². The van der Waals surface area contributed by atoms with Crippen LogP contribution in [0.1, 0.15) is 5.56 Å². The van der Waals surface area contributed by atoms with E-state index in [0.717, 1.165) is 5.56 Å². The number of amides is 1. The molecule has 6 N–H and O–H groups in total. The van der Waals surface area contributed by atoms with E-state index in [-0.39, 0.29) is 31.3 Å². The van der Waals surface area contributed by atoms with E-state index >= 15 is 0 Å². The second-order valence-electron chi connectivity index (χ2n) is 7.93. The number of pyridine rings is 1. The van der Waals surface area contributed by atoms with Crippen LogP contribution >= 0.6 is 11.3 Å². The SMILES string of the molecule is NC(=O)COCCN=Cc1cc(-[n+]2c(-c3ccncc3)scc(N)c2=O)c(-c2ccc(F)cc2)cc1N. The summed E-state index contributed by atoms with van der Waals surface area (Å²) in [5.74, 6) is -0.950. The zero-order chi connectivity index (χ0) is 26.4. The number of hydrogen-bond donors (Lipinski definition) is 3. The first-order chi connectivity index (χ1) is 17.8. The topological polar surface area (TPSA) is 151 Å². The fourth-order valence-electron chi connectivity index (χ4n) is 3.59. The lowest BCUT2D eigenvalue weighted by Crippen LogP contribution is -2.50. The van der Waals surface area contributed by atoms with Crippen LogP contribution in [0.15, 0.2) is 76.1 Å². The van der Waals surface area contributed by atoms with Gasteiger partial charge >= 0.3 is 5.56 Å². The van der Waals surface area contributed by atoms with Crippen LogP contribution in [-0.4, -0.2) is 36.9 Å². The van der Waals surface area contributed by atoms with Crippen molar-refractivity contribution in [3.05, 3.63) is 88.0 Å². The van der Waals surface area contributed by atoms with E-state index in [0.29, 0.717) is 33.1 Å². The Labute approximate surface area is 215 Å². The number of ether oxygens (including phenoxy) is 1. The minimum Gasteiger partial charge on any atom is -0.398 e. The van der Waals surface area contributed by atoms with Gasteiger partial charge in [-0.25, -0.2) is 9.18 Å². The molecule has 1 amide bonds. The molecule has 0 aliphatic heterocycles. The molecule has 0 bridgehead atoms. The molecule has 2 aromatic carbocycles. The number of carbonyl (C=O) groups is 1. The second kappa shape index (κ2) is 11.5. The minimum atomic E-state index is -0.562. The number of nitrogens with zero attached hydrogens (tertiary/aromatic N) is 3. The Kier molecular flexibility index (Phi) is 7.96. The van der Waals surface area contributed by atoms with Gasteiger partial charge in [-0.2, -0.15) is 0 Å². The Bertz CT molecular complexity index is 1510. The van der Waals surface area contributed by atoms with Crippen molar-refractivity contribution in [2.24, 2.45) is 10.7 Å². The first-order valence-electron chi connectivity index (χ1n) is 11.1. The van der Waals surface area contributed by atoms with E-state index < -0.39 is 11.5 Å². The largest absolute Gasteiger partial charge is 0.443 e.